The van der Waals surface area contributed by atoms with Crippen molar-refractivity contribution in [1.82, 2.24) is 0 Å². The maximum absolute atomic E-state index is 2.99. The maximum Gasteiger partial charge on any atom is -0.00916 e. The van der Waals surface area contributed by atoms with Crippen LogP contribution in [-0.2, 0) is 6.42 Å². The highest BCUT2D eigenvalue weighted by molar-refractivity contribution is 5.16. The first-order valence-corrected chi connectivity index (χ1v) is 3.46. The van der Waals surface area contributed by atoms with Crippen LogP contribution in [0.1, 0.15) is 12.5 Å². The second-order valence-corrected chi connectivity index (χ2v) is 2.18. The molecular formula is C10H11. The first-order valence-electron chi connectivity index (χ1n) is 3.46. The molecule has 0 bridgehead atoms. The Morgan fingerprint density at radius 2 is 2.00 bits per heavy atom. The van der Waals surface area contributed by atoms with Crippen molar-refractivity contribution in [2.45, 2.75) is 13.3 Å². The van der Waals surface area contributed by atoms with Crippen molar-refractivity contribution in [3.05, 3.63) is 48.0 Å². The van der Waals surface area contributed by atoms with Gasteiger partial charge in [-0.25, -0.2) is 0 Å². The van der Waals surface area contributed by atoms with Gasteiger partial charge < -0.3 is 0 Å². The van der Waals surface area contributed by atoms with E-state index >= 15 is 0 Å². The zero-order valence-corrected chi connectivity index (χ0v) is 6.17. The molecule has 0 nitrogen and oxygen atoms in total. The van der Waals surface area contributed by atoms with Crippen LogP contribution in [0.2, 0.25) is 0 Å². The van der Waals surface area contributed by atoms with E-state index < -0.39 is 0 Å². The van der Waals surface area contributed by atoms with Crippen LogP contribution >= 0.6 is 0 Å². The van der Waals surface area contributed by atoms with Gasteiger partial charge in [0.05, 0.1) is 0 Å². The monoisotopic (exact) mass is 131 g/mol. The molecular weight excluding hydrogens is 120 g/mol. The summed E-state index contributed by atoms with van der Waals surface area (Å²) < 4.78 is 0. The summed E-state index contributed by atoms with van der Waals surface area (Å²) in [6.45, 7) is 1.92. The van der Waals surface area contributed by atoms with E-state index in [1.54, 1.807) is 0 Å². The zero-order valence-electron chi connectivity index (χ0n) is 6.17. The Labute approximate surface area is 62.2 Å². The van der Waals surface area contributed by atoms with Gasteiger partial charge in [0.15, 0.2) is 0 Å². The molecule has 0 spiro atoms. The maximum atomic E-state index is 2.99. The molecule has 1 radical (unpaired) electrons. The van der Waals surface area contributed by atoms with E-state index in [1.165, 1.54) is 5.56 Å². The van der Waals surface area contributed by atoms with Crippen LogP contribution in [0.5, 0.6) is 0 Å². The minimum atomic E-state index is 0.997. The highest BCUT2D eigenvalue weighted by Gasteiger charge is 1.83. The second-order valence-electron chi connectivity index (χ2n) is 2.18. The molecule has 0 atom stereocenters. The molecule has 1 rings (SSSR count). The molecule has 0 heterocycles. The number of benzene rings is 1. The Kier molecular flexibility index (Phi) is 2.75. The molecule has 0 fully saturated rings. The lowest BCUT2D eigenvalue weighted by Crippen LogP contribution is -1.76. The molecule has 0 aromatic heterocycles. The Hall–Kier alpha value is -1.04. The predicted octanol–water partition coefficient (Wildman–Crippen LogP) is 2.61. The minimum absolute atomic E-state index is 0.997. The molecule has 0 saturated carbocycles. The highest BCUT2D eigenvalue weighted by Crippen LogP contribution is 1.99. The molecule has 51 valence electrons. The van der Waals surface area contributed by atoms with E-state index in [0.717, 1.165) is 6.42 Å². The number of hydrogen-bond donors (Lipinski definition) is 0. The first-order chi connectivity index (χ1) is 4.93. The molecule has 0 heteroatoms. The topological polar surface area (TPSA) is 0 Å². The van der Waals surface area contributed by atoms with Crippen molar-refractivity contribution in [2.24, 2.45) is 0 Å². The van der Waals surface area contributed by atoms with Crippen LogP contribution in [0.3, 0.4) is 0 Å². The van der Waals surface area contributed by atoms with E-state index in [0.29, 0.717) is 0 Å². The smallest absolute Gasteiger partial charge is 0.00916 e. The van der Waals surface area contributed by atoms with Crippen molar-refractivity contribution in [3.8, 4) is 0 Å². The summed E-state index contributed by atoms with van der Waals surface area (Å²) in [5, 5.41) is 0. The van der Waals surface area contributed by atoms with Crippen LogP contribution in [0.15, 0.2) is 36.4 Å². The van der Waals surface area contributed by atoms with Gasteiger partial charge in [0.25, 0.3) is 0 Å². The van der Waals surface area contributed by atoms with E-state index in [4.69, 9.17) is 0 Å². The fourth-order valence-electron chi connectivity index (χ4n) is 0.834. The van der Waals surface area contributed by atoms with Crippen LogP contribution in [0.25, 0.3) is 0 Å². The number of allylic oxidation sites excluding steroid dienone is 2. The summed E-state index contributed by atoms with van der Waals surface area (Å²) in [5.41, 5.74) is 1.34. The Morgan fingerprint density at radius 1 is 1.30 bits per heavy atom. The van der Waals surface area contributed by atoms with Crippen molar-refractivity contribution in [1.29, 1.82) is 0 Å². The third kappa shape index (κ3) is 2.06. The zero-order chi connectivity index (χ0) is 7.23. The normalized spacial score (nSPS) is 10.5. The van der Waals surface area contributed by atoms with E-state index in [9.17, 15) is 0 Å². The quantitative estimate of drug-likeness (QED) is 0.578. The Morgan fingerprint density at radius 3 is 2.60 bits per heavy atom. The largest absolute Gasteiger partial charge is 0.0769 e. The fourth-order valence-corrected chi connectivity index (χ4v) is 0.834. The summed E-state index contributed by atoms with van der Waals surface area (Å²) in [6, 6.07) is 10.4. The van der Waals surface area contributed by atoms with Crippen molar-refractivity contribution in [3.63, 3.8) is 0 Å². The van der Waals surface area contributed by atoms with Crippen LogP contribution in [0, 0.1) is 6.08 Å². The molecule has 0 N–H and O–H groups in total. The van der Waals surface area contributed by atoms with Crippen LogP contribution in [-0.4, -0.2) is 0 Å². The molecule has 0 amide bonds. The molecule has 1 aromatic rings. The lowest BCUT2D eigenvalue weighted by Gasteiger charge is -1.91. The number of hydrogen-bond acceptors (Lipinski definition) is 0. The van der Waals surface area contributed by atoms with Crippen molar-refractivity contribution >= 4 is 0 Å². The summed E-state index contributed by atoms with van der Waals surface area (Å²) in [6.07, 6.45) is 6.03. The van der Waals surface area contributed by atoms with Gasteiger partial charge in [0.2, 0.25) is 0 Å². The molecule has 10 heavy (non-hydrogen) atoms. The van der Waals surface area contributed by atoms with Gasteiger partial charge in [-0.05, 0) is 18.9 Å². The Balaban J connectivity index is 2.59. The summed E-state index contributed by atoms with van der Waals surface area (Å²) in [4.78, 5) is 0. The van der Waals surface area contributed by atoms with Crippen molar-refractivity contribution in [2.75, 3.05) is 0 Å². The third-order valence-corrected chi connectivity index (χ3v) is 1.38. The summed E-state index contributed by atoms with van der Waals surface area (Å²) in [7, 11) is 0. The van der Waals surface area contributed by atoms with Crippen molar-refractivity contribution < 1.29 is 0 Å². The van der Waals surface area contributed by atoms with Gasteiger partial charge in [-0.3, -0.25) is 0 Å². The Bertz CT molecular complexity index is 197. The van der Waals surface area contributed by atoms with Crippen LogP contribution < -0.4 is 0 Å². The lowest BCUT2D eigenvalue weighted by molar-refractivity contribution is 1.25. The van der Waals surface area contributed by atoms with Gasteiger partial charge in [0.1, 0.15) is 0 Å². The summed E-state index contributed by atoms with van der Waals surface area (Å²) >= 11 is 0. The van der Waals surface area contributed by atoms with Crippen LogP contribution in [0.4, 0.5) is 0 Å². The predicted molar refractivity (Wildman–Crippen MR) is 43.6 cm³/mol. The molecule has 0 aliphatic rings. The molecule has 0 unspecified atom stereocenters. The fraction of sp³-hybridized carbons (Fsp3) is 0.200. The first kappa shape index (κ1) is 7.07. The van der Waals surface area contributed by atoms with Gasteiger partial charge in [-0.2, -0.15) is 0 Å². The molecule has 0 aliphatic carbocycles. The van der Waals surface area contributed by atoms with E-state index in [1.807, 2.05) is 19.1 Å². The molecule has 1 aromatic carbocycles. The van der Waals surface area contributed by atoms with Gasteiger partial charge >= 0.3 is 0 Å². The van der Waals surface area contributed by atoms with E-state index in [-0.39, 0.29) is 0 Å². The van der Waals surface area contributed by atoms with Gasteiger partial charge in [0, 0.05) is 0 Å². The standard InChI is InChI=1S/C10H11/c1-2-3-7-10-8-5-4-6-9-10/h3-6,8-9H,7H2,1H3. The molecule has 0 saturated heterocycles. The third-order valence-electron chi connectivity index (χ3n) is 1.38. The SMILES string of the molecule is C/[C]=C/Cc1ccccc1. The highest BCUT2D eigenvalue weighted by atomic mass is 13.9. The second kappa shape index (κ2) is 3.89. The van der Waals surface area contributed by atoms with E-state index in [2.05, 4.69) is 30.3 Å². The summed E-state index contributed by atoms with van der Waals surface area (Å²) in [5.74, 6) is 0. The average molecular weight is 131 g/mol. The average Bonchev–Trinajstić information content (AvgIpc) is 2.03. The lowest BCUT2D eigenvalue weighted by atomic mass is 10.1. The number of rotatable bonds is 2. The molecule has 0 aliphatic heterocycles. The minimum Gasteiger partial charge on any atom is -0.0769 e. The van der Waals surface area contributed by atoms with Gasteiger partial charge in [-0.1, -0.05) is 42.5 Å². The van der Waals surface area contributed by atoms with Gasteiger partial charge in [-0.15, -0.1) is 0 Å².